The molecule has 1 aliphatic rings. The van der Waals surface area contributed by atoms with Gasteiger partial charge in [-0.25, -0.2) is 0 Å². The number of piperidine rings is 1. The van der Waals surface area contributed by atoms with E-state index in [9.17, 15) is 4.79 Å². The molecule has 0 aliphatic carbocycles. The largest absolute Gasteiger partial charge is 0.347 e. The van der Waals surface area contributed by atoms with Crippen LogP contribution in [0.5, 0.6) is 0 Å². The minimum atomic E-state index is -0.0634. The third-order valence-corrected chi connectivity index (χ3v) is 3.40. The second-order valence-corrected chi connectivity index (χ2v) is 5.13. The molecule has 0 spiro atoms. The molecule has 0 radical (unpaired) electrons. The van der Waals surface area contributed by atoms with Crippen LogP contribution in [0.25, 0.3) is 0 Å². The monoisotopic (exact) mass is 268 g/mol. The molecule has 0 unspecified atom stereocenters. The third-order valence-electron chi connectivity index (χ3n) is 3.40. The number of carbonyl (C=O) groups is 1. The Morgan fingerprint density at radius 2 is 2.00 bits per heavy atom. The van der Waals surface area contributed by atoms with E-state index in [1.807, 2.05) is 31.2 Å². The van der Waals surface area contributed by atoms with Gasteiger partial charge in [0.1, 0.15) is 0 Å². The Hall–Kier alpha value is -1.06. The summed E-state index contributed by atoms with van der Waals surface area (Å²) in [6.45, 7) is 6.08. The summed E-state index contributed by atoms with van der Waals surface area (Å²) in [7, 11) is 0. The first-order valence-electron chi connectivity index (χ1n) is 6.19. The van der Waals surface area contributed by atoms with E-state index >= 15 is 0 Å². The van der Waals surface area contributed by atoms with Crippen LogP contribution >= 0.6 is 12.4 Å². The molecule has 2 rings (SSSR count). The van der Waals surface area contributed by atoms with Crippen molar-refractivity contribution in [2.45, 2.75) is 32.2 Å². The van der Waals surface area contributed by atoms with Gasteiger partial charge in [-0.3, -0.25) is 4.79 Å². The van der Waals surface area contributed by atoms with Gasteiger partial charge in [-0.2, -0.15) is 0 Å². The average molecular weight is 269 g/mol. The summed E-state index contributed by atoms with van der Waals surface area (Å²) in [4.78, 5) is 12.1. The van der Waals surface area contributed by atoms with Crippen LogP contribution in [-0.4, -0.2) is 24.5 Å². The number of amides is 1. The zero-order valence-corrected chi connectivity index (χ0v) is 11.8. The van der Waals surface area contributed by atoms with E-state index in [0.29, 0.717) is 0 Å². The van der Waals surface area contributed by atoms with Gasteiger partial charge >= 0.3 is 0 Å². The van der Waals surface area contributed by atoms with Gasteiger partial charge in [0.25, 0.3) is 5.91 Å². The summed E-state index contributed by atoms with van der Waals surface area (Å²) >= 11 is 0. The highest BCUT2D eigenvalue weighted by atomic mass is 35.5. The molecule has 2 N–H and O–H groups in total. The predicted octanol–water partition coefficient (Wildman–Crippen LogP) is 2.29. The molecule has 4 heteroatoms. The Balaban J connectivity index is 0.00000162. The number of aryl methyl sites for hydroxylation is 1. The number of hydrogen-bond donors (Lipinski definition) is 2. The highest BCUT2D eigenvalue weighted by molar-refractivity contribution is 5.94. The van der Waals surface area contributed by atoms with Crippen LogP contribution in [0.1, 0.15) is 35.7 Å². The quantitative estimate of drug-likeness (QED) is 0.864. The van der Waals surface area contributed by atoms with Crippen LogP contribution < -0.4 is 10.6 Å². The predicted molar refractivity (Wildman–Crippen MR) is 76.4 cm³/mol. The highest BCUT2D eigenvalue weighted by Gasteiger charge is 2.28. The fraction of sp³-hybridized carbons (Fsp3) is 0.500. The molecule has 3 nitrogen and oxygen atoms in total. The molecule has 18 heavy (non-hydrogen) atoms. The normalized spacial score (nSPS) is 17.7. The standard InChI is InChI=1S/C14H20N2O.ClH/c1-11-4-3-5-12(10-11)13(17)16-14(2)6-8-15-9-7-14;/h3-5,10,15H,6-9H2,1-2H3,(H,16,17);1H. The summed E-state index contributed by atoms with van der Waals surface area (Å²) in [5.41, 5.74) is 1.81. The number of halogens is 1. The van der Waals surface area contributed by atoms with Crippen molar-refractivity contribution in [3.63, 3.8) is 0 Å². The van der Waals surface area contributed by atoms with Crippen LogP contribution in [0.3, 0.4) is 0 Å². The van der Waals surface area contributed by atoms with Crippen molar-refractivity contribution >= 4 is 18.3 Å². The van der Waals surface area contributed by atoms with Crippen molar-refractivity contribution in [3.05, 3.63) is 35.4 Å². The minimum Gasteiger partial charge on any atom is -0.347 e. The molecule has 0 aromatic heterocycles. The number of carbonyl (C=O) groups excluding carboxylic acids is 1. The molecule has 0 bridgehead atoms. The van der Waals surface area contributed by atoms with Gasteiger partial charge in [0.05, 0.1) is 0 Å². The van der Waals surface area contributed by atoms with E-state index in [0.717, 1.165) is 37.1 Å². The lowest BCUT2D eigenvalue weighted by Crippen LogP contribution is -2.52. The Morgan fingerprint density at radius 1 is 1.33 bits per heavy atom. The summed E-state index contributed by atoms with van der Waals surface area (Å²) in [5, 5.41) is 6.47. The molecule has 1 heterocycles. The van der Waals surface area contributed by atoms with E-state index in [4.69, 9.17) is 0 Å². The Bertz CT molecular complexity index is 414. The van der Waals surface area contributed by atoms with Crippen molar-refractivity contribution < 1.29 is 4.79 Å². The molecular formula is C14H21ClN2O. The maximum atomic E-state index is 12.1. The van der Waals surface area contributed by atoms with Crippen LogP contribution in [0.4, 0.5) is 0 Å². The molecular weight excluding hydrogens is 248 g/mol. The summed E-state index contributed by atoms with van der Waals surface area (Å²) < 4.78 is 0. The first-order valence-corrected chi connectivity index (χ1v) is 6.19. The lowest BCUT2D eigenvalue weighted by Gasteiger charge is -2.35. The summed E-state index contributed by atoms with van der Waals surface area (Å²) in [6.07, 6.45) is 1.98. The average Bonchev–Trinajstić information content (AvgIpc) is 2.29. The third kappa shape index (κ3) is 3.72. The smallest absolute Gasteiger partial charge is 0.251 e. The van der Waals surface area contributed by atoms with Crippen molar-refractivity contribution in [2.75, 3.05) is 13.1 Å². The fourth-order valence-corrected chi connectivity index (χ4v) is 2.24. The topological polar surface area (TPSA) is 41.1 Å². The molecule has 1 amide bonds. The molecule has 1 aromatic rings. The van der Waals surface area contributed by atoms with E-state index in [2.05, 4.69) is 17.6 Å². The fourth-order valence-electron chi connectivity index (χ4n) is 2.24. The summed E-state index contributed by atoms with van der Waals surface area (Å²) in [5.74, 6) is 0.0399. The maximum absolute atomic E-state index is 12.1. The van der Waals surface area contributed by atoms with Gasteiger partial charge < -0.3 is 10.6 Å². The molecule has 1 fully saturated rings. The van der Waals surface area contributed by atoms with Crippen molar-refractivity contribution in [2.24, 2.45) is 0 Å². The molecule has 1 aliphatic heterocycles. The Morgan fingerprint density at radius 3 is 2.61 bits per heavy atom. The Labute approximate surface area is 115 Å². The summed E-state index contributed by atoms with van der Waals surface area (Å²) in [6, 6.07) is 7.73. The number of rotatable bonds is 2. The van der Waals surface area contributed by atoms with Gasteiger partial charge in [-0.15, -0.1) is 12.4 Å². The second kappa shape index (κ2) is 6.21. The van der Waals surface area contributed by atoms with Crippen molar-refractivity contribution in [3.8, 4) is 0 Å². The van der Waals surface area contributed by atoms with Crippen LogP contribution in [0, 0.1) is 6.92 Å². The van der Waals surface area contributed by atoms with E-state index in [1.165, 1.54) is 0 Å². The van der Waals surface area contributed by atoms with Gasteiger partial charge in [-0.1, -0.05) is 17.7 Å². The number of benzene rings is 1. The molecule has 0 saturated carbocycles. The Kier molecular flexibility index (Phi) is 5.17. The first-order chi connectivity index (χ1) is 8.09. The molecule has 0 atom stereocenters. The lowest BCUT2D eigenvalue weighted by atomic mass is 9.90. The minimum absolute atomic E-state index is 0. The van der Waals surface area contributed by atoms with Gasteiger partial charge in [-0.05, 0) is 51.9 Å². The van der Waals surface area contributed by atoms with Crippen LogP contribution in [-0.2, 0) is 0 Å². The van der Waals surface area contributed by atoms with Gasteiger partial charge in [0.15, 0.2) is 0 Å². The number of hydrogen-bond acceptors (Lipinski definition) is 2. The second-order valence-electron chi connectivity index (χ2n) is 5.13. The van der Waals surface area contributed by atoms with Gasteiger partial charge in [0, 0.05) is 11.1 Å². The molecule has 1 aromatic carbocycles. The number of nitrogens with one attached hydrogen (secondary N) is 2. The van der Waals surface area contributed by atoms with Crippen LogP contribution in [0.2, 0.25) is 0 Å². The highest BCUT2D eigenvalue weighted by Crippen LogP contribution is 2.18. The van der Waals surface area contributed by atoms with E-state index in [1.54, 1.807) is 0 Å². The van der Waals surface area contributed by atoms with E-state index in [-0.39, 0.29) is 23.9 Å². The maximum Gasteiger partial charge on any atom is 0.251 e. The molecule has 1 saturated heterocycles. The van der Waals surface area contributed by atoms with Crippen LogP contribution in [0.15, 0.2) is 24.3 Å². The lowest BCUT2D eigenvalue weighted by molar-refractivity contribution is 0.0887. The van der Waals surface area contributed by atoms with E-state index < -0.39 is 0 Å². The zero-order chi connectivity index (χ0) is 12.3. The SMILES string of the molecule is Cc1cccc(C(=O)NC2(C)CCNCC2)c1.Cl. The zero-order valence-electron chi connectivity index (χ0n) is 11.0. The molecule has 100 valence electrons. The van der Waals surface area contributed by atoms with Crippen molar-refractivity contribution in [1.29, 1.82) is 0 Å². The van der Waals surface area contributed by atoms with Gasteiger partial charge in [0.2, 0.25) is 0 Å². The van der Waals surface area contributed by atoms with Crippen molar-refractivity contribution in [1.82, 2.24) is 10.6 Å². The first kappa shape index (κ1) is 15.0.